The van der Waals surface area contributed by atoms with Gasteiger partial charge >= 0.3 is 0 Å². The smallest absolute Gasteiger partial charge is 0.225 e. The SMILES string of the molecule is CN=C(NCc1ccccc1OCCC(C)C)N1CCN(c2ncccn2)CC1.I. The summed E-state index contributed by atoms with van der Waals surface area (Å²) in [5, 5.41) is 3.50. The molecule has 1 N–H and O–H groups in total. The third-order valence-electron chi connectivity index (χ3n) is 4.99. The second-order valence-corrected chi connectivity index (χ2v) is 7.56. The van der Waals surface area contributed by atoms with Crippen molar-refractivity contribution in [2.45, 2.75) is 26.8 Å². The molecule has 2 heterocycles. The molecule has 1 aromatic heterocycles. The van der Waals surface area contributed by atoms with Gasteiger partial charge in [0.15, 0.2) is 5.96 Å². The second kappa shape index (κ2) is 12.6. The fourth-order valence-electron chi connectivity index (χ4n) is 3.27. The zero-order chi connectivity index (χ0) is 20.5. The summed E-state index contributed by atoms with van der Waals surface area (Å²) in [6, 6.07) is 10.1. The molecule has 2 aromatic rings. The van der Waals surface area contributed by atoms with E-state index in [0.717, 1.165) is 62.4 Å². The summed E-state index contributed by atoms with van der Waals surface area (Å²) in [5.74, 6) is 3.29. The number of nitrogens with one attached hydrogen (secondary N) is 1. The first kappa shape index (κ1) is 24.2. The maximum Gasteiger partial charge on any atom is 0.225 e. The molecule has 1 saturated heterocycles. The molecule has 3 rings (SSSR count). The van der Waals surface area contributed by atoms with Crippen LogP contribution in [0.1, 0.15) is 25.8 Å². The van der Waals surface area contributed by atoms with Crippen LogP contribution in [0.15, 0.2) is 47.7 Å². The van der Waals surface area contributed by atoms with Crippen LogP contribution in [0, 0.1) is 5.92 Å². The molecule has 1 aromatic carbocycles. The first-order valence-corrected chi connectivity index (χ1v) is 10.4. The molecule has 0 radical (unpaired) electrons. The Morgan fingerprint density at radius 1 is 1.10 bits per heavy atom. The van der Waals surface area contributed by atoms with Crippen molar-refractivity contribution in [3.05, 3.63) is 48.3 Å². The molecule has 7 nitrogen and oxygen atoms in total. The van der Waals surface area contributed by atoms with E-state index in [1.165, 1.54) is 0 Å². The number of nitrogens with zero attached hydrogens (tertiary/aromatic N) is 5. The molecule has 0 spiro atoms. The van der Waals surface area contributed by atoms with Gasteiger partial charge in [-0.1, -0.05) is 32.0 Å². The lowest BCUT2D eigenvalue weighted by molar-refractivity contribution is 0.286. The molecule has 8 heteroatoms. The Hall–Kier alpha value is -2.10. The van der Waals surface area contributed by atoms with Gasteiger partial charge in [0.25, 0.3) is 0 Å². The molecule has 0 atom stereocenters. The van der Waals surface area contributed by atoms with Crippen molar-refractivity contribution in [3.8, 4) is 5.75 Å². The Morgan fingerprint density at radius 2 is 1.80 bits per heavy atom. The maximum absolute atomic E-state index is 6.01. The van der Waals surface area contributed by atoms with E-state index in [-0.39, 0.29) is 24.0 Å². The highest BCUT2D eigenvalue weighted by molar-refractivity contribution is 14.0. The summed E-state index contributed by atoms with van der Waals surface area (Å²) in [6.45, 7) is 9.36. The van der Waals surface area contributed by atoms with Crippen LogP contribution in [0.3, 0.4) is 0 Å². The Morgan fingerprint density at radius 3 is 2.47 bits per heavy atom. The number of ether oxygens (including phenoxy) is 1. The molecule has 1 fully saturated rings. The minimum atomic E-state index is 0. The summed E-state index contributed by atoms with van der Waals surface area (Å²) in [7, 11) is 1.83. The van der Waals surface area contributed by atoms with E-state index < -0.39 is 0 Å². The van der Waals surface area contributed by atoms with E-state index in [4.69, 9.17) is 4.74 Å². The van der Waals surface area contributed by atoms with Crippen molar-refractivity contribution in [1.29, 1.82) is 0 Å². The van der Waals surface area contributed by atoms with Gasteiger partial charge in [-0.15, -0.1) is 24.0 Å². The summed E-state index contributed by atoms with van der Waals surface area (Å²) in [6.07, 6.45) is 4.63. The highest BCUT2D eigenvalue weighted by Gasteiger charge is 2.21. The summed E-state index contributed by atoms with van der Waals surface area (Å²) >= 11 is 0. The Balaban J connectivity index is 0.00000320. The molecular formula is C22H33IN6O. The fraction of sp³-hybridized carbons (Fsp3) is 0.500. The lowest BCUT2D eigenvalue weighted by Gasteiger charge is -2.36. The van der Waals surface area contributed by atoms with Gasteiger partial charge < -0.3 is 19.9 Å². The normalized spacial score (nSPS) is 14.5. The van der Waals surface area contributed by atoms with Crippen molar-refractivity contribution in [2.24, 2.45) is 10.9 Å². The van der Waals surface area contributed by atoms with Crippen molar-refractivity contribution in [2.75, 3.05) is 44.7 Å². The third-order valence-corrected chi connectivity index (χ3v) is 4.99. The fourth-order valence-corrected chi connectivity index (χ4v) is 3.27. The topological polar surface area (TPSA) is 65.9 Å². The number of halogens is 1. The third kappa shape index (κ3) is 7.00. The number of guanidine groups is 1. The van der Waals surface area contributed by atoms with Gasteiger partial charge in [0.2, 0.25) is 5.95 Å². The molecule has 0 amide bonds. The van der Waals surface area contributed by atoms with E-state index >= 15 is 0 Å². The van der Waals surface area contributed by atoms with E-state index in [2.05, 4.69) is 50.0 Å². The Kier molecular flexibility index (Phi) is 10.1. The van der Waals surface area contributed by atoms with Crippen molar-refractivity contribution in [3.63, 3.8) is 0 Å². The lowest BCUT2D eigenvalue weighted by Crippen LogP contribution is -2.52. The van der Waals surface area contributed by atoms with Crippen LogP contribution in [-0.2, 0) is 6.54 Å². The number of aromatic nitrogens is 2. The van der Waals surface area contributed by atoms with Gasteiger partial charge in [-0.2, -0.15) is 0 Å². The van der Waals surface area contributed by atoms with Gasteiger partial charge in [-0.3, -0.25) is 4.99 Å². The number of anilines is 1. The van der Waals surface area contributed by atoms with Gasteiger partial charge in [0.05, 0.1) is 6.61 Å². The van der Waals surface area contributed by atoms with E-state index in [9.17, 15) is 0 Å². The minimum absolute atomic E-state index is 0. The summed E-state index contributed by atoms with van der Waals surface area (Å²) in [4.78, 5) is 17.7. The van der Waals surface area contributed by atoms with Crippen LogP contribution in [0.4, 0.5) is 5.95 Å². The lowest BCUT2D eigenvalue weighted by atomic mass is 10.1. The summed E-state index contributed by atoms with van der Waals surface area (Å²) < 4.78 is 6.01. The number of hydrogen-bond acceptors (Lipinski definition) is 5. The van der Waals surface area contributed by atoms with E-state index in [1.54, 1.807) is 12.4 Å². The molecule has 0 bridgehead atoms. The predicted octanol–water partition coefficient (Wildman–Crippen LogP) is 3.42. The van der Waals surface area contributed by atoms with Crippen LogP contribution >= 0.6 is 24.0 Å². The van der Waals surface area contributed by atoms with Gasteiger partial charge in [0.1, 0.15) is 5.75 Å². The number of benzene rings is 1. The standard InChI is InChI=1S/C22H32N6O.HI/c1-18(2)9-16-29-20-8-5-4-7-19(20)17-26-21(23-3)27-12-14-28(15-13-27)22-24-10-6-11-25-22;/h4-8,10-11,18H,9,12-17H2,1-3H3,(H,23,26);1H. The van der Waals surface area contributed by atoms with Crippen molar-refractivity contribution < 1.29 is 4.74 Å². The Labute approximate surface area is 197 Å². The van der Waals surface area contributed by atoms with Gasteiger partial charge in [-0.25, -0.2) is 9.97 Å². The zero-order valence-corrected chi connectivity index (χ0v) is 20.5. The average molecular weight is 524 g/mol. The molecule has 1 aliphatic rings. The first-order chi connectivity index (χ1) is 14.2. The minimum Gasteiger partial charge on any atom is -0.493 e. The van der Waals surface area contributed by atoms with Crippen LogP contribution in [0.25, 0.3) is 0 Å². The monoisotopic (exact) mass is 524 g/mol. The van der Waals surface area contributed by atoms with Gasteiger partial charge in [0, 0.05) is 57.7 Å². The molecular weight excluding hydrogens is 491 g/mol. The van der Waals surface area contributed by atoms with Gasteiger partial charge in [-0.05, 0) is 24.5 Å². The van der Waals surface area contributed by atoms with Crippen LogP contribution in [0.2, 0.25) is 0 Å². The zero-order valence-electron chi connectivity index (χ0n) is 18.1. The highest BCUT2D eigenvalue weighted by Crippen LogP contribution is 2.19. The molecule has 0 unspecified atom stereocenters. The largest absolute Gasteiger partial charge is 0.493 e. The van der Waals surface area contributed by atoms with Crippen molar-refractivity contribution in [1.82, 2.24) is 20.2 Å². The predicted molar refractivity (Wildman–Crippen MR) is 133 cm³/mol. The first-order valence-electron chi connectivity index (χ1n) is 10.4. The molecule has 0 aliphatic carbocycles. The molecule has 30 heavy (non-hydrogen) atoms. The van der Waals surface area contributed by atoms with Crippen LogP contribution in [0.5, 0.6) is 5.75 Å². The number of rotatable bonds is 7. The molecule has 1 aliphatic heterocycles. The quantitative estimate of drug-likeness (QED) is 0.340. The molecule has 0 saturated carbocycles. The van der Waals surface area contributed by atoms with E-state index in [0.29, 0.717) is 12.5 Å². The van der Waals surface area contributed by atoms with Crippen LogP contribution in [-0.4, -0.2) is 60.7 Å². The number of para-hydroxylation sites is 1. The maximum atomic E-state index is 6.01. The number of piperazine rings is 1. The second-order valence-electron chi connectivity index (χ2n) is 7.56. The summed E-state index contributed by atoms with van der Waals surface area (Å²) in [5.41, 5.74) is 1.15. The number of hydrogen-bond donors (Lipinski definition) is 1. The van der Waals surface area contributed by atoms with E-state index in [1.807, 2.05) is 31.3 Å². The Bertz CT molecular complexity index is 778. The van der Waals surface area contributed by atoms with Crippen molar-refractivity contribution >= 4 is 35.9 Å². The number of aliphatic imine (C=N–C) groups is 1. The molecule has 164 valence electrons. The van der Waals surface area contributed by atoms with Crippen LogP contribution < -0.4 is 15.0 Å². The average Bonchev–Trinajstić information content (AvgIpc) is 2.76. The highest BCUT2D eigenvalue weighted by atomic mass is 127.